The Kier molecular flexibility index (Phi) is 6.73. The van der Waals surface area contributed by atoms with Crippen LogP contribution in [-0.2, 0) is 4.79 Å². The zero-order chi connectivity index (χ0) is 9.40. The van der Waals surface area contributed by atoms with E-state index in [0.717, 1.165) is 19.1 Å². The molecule has 0 heterocycles. The highest BCUT2D eigenvalue weighted by Crippen LogP contribution is 2.12. The van der Waals surface area contributed by atoms with Gasteiger partial charge in [-0.15, -0.1) is 0 Å². The molecule has 0 saturated carbocycles. The van der Waals surface area contributed by atoms with Crippen molar-refractivity contribution in [1.82, 2.24) is 0 Å². The lowest BCUT2D eigenvalue weighted by Crippen LogP contribution is -1.83. The van der Waals surface area contributed by atoms with E-state index in [1.54, 1.807) is 0 Å². The van der Waals surface area contributed by atoms with Gasteiger partial charge in [0.15, 0.2) is 0 Å². The molecule has 0 amide bonds. The van der Waals surface area contributed by atoms with E-state index in [2.05, 4.69) is 20.8 Å². The minimum atomic E-state index is 0.730. The molecule has 0 aromatic carbocycles. The van der Waals surface area contributed by atoms with Crippen molar-refractivity contribution in [3.63, 3.8) is 0 Å². The molecule has 0 aliphatic rings. The first-order chi connectivity index (χ1) is 5.68. The van der Waals surface area contributed by atoms with Gasteiger partial charge < -0.3 is 4.79 Å². The maximum Gasteiger partial charge on any atom is 0.119 e. The summed E-state index contributed by atoms with van der Waals surface area (Å²) in [4.78, 5) is 10.0. The van der Waals surface area contributed by atoms with Crippen LogP contribution in [0.15, 0.2) is 11.1 Å². The van der Waals surface area contributed by atoms with Gasteiger partial charge in [0.25, 0.3) is 0 Å². The second-order valence-electron chi connectivity index (χ2n) is 3.55. The normalized spacial score (nSPS) is 9.58. The summed E-state index contributed by atoms with van der Waals surface area (Å²) >= 11 is 0. The number of unbranched alkanes of at least 4 members (excludes halogenated alkanes) is 3. The van der Waals surface area contributed by atoms with Gasteiger partial charge in [-0.3, -0.25) is 0 Å². The standard InChI is InChI=1S/C11H20O/c1-10(2)11(3)8-6-4-5-7-9-12/h9H,4-8H2,1-3H3. The van der Waals surface area contributed by atoms with E-state index in [0.29, 0.717) is 0 Å². The molecule has 0 aliphatic heterocycles. The summed E-state index contributed by atoms with van der Waals surface area (Å²) in [5, 5.41) is 0. The number of carbonyl (C=O) groups excluding carboxylic acids is 1. The first-order valence-corrected chi connectivity index (χ1v) is 4.75. The van der Waals surface area contributed by atoms with Crippen molar-refractivity contribution in [2.75, 3.05) is 0 Å². The molecule has 0 radical (unpaired) electrons. The molecular formula is C11H20O. The molecule has 0 aliphatic carbocycles. The quantitative estimate of drug-likeness (QED) is 0.337. The molecule has 0 atom stereocenters. The van der Waals surface area contributed by atoms with E-state index in [1.165, 1.54) is 30.4 Å². The van der Waals surface area contributed by atoms with E-state index in [9.17, 15) is 4.79 Å². The number of carbonyl (C=O) groups is 1. The Hall–Kier alpha value is -0.590. The highest BCUT2D eigenvalue weighted by Gasteiger charge is 1.93. The summed E-state index contributed by atoms with van der Waals surface area (Å²) in [5.41, 5.74) is 2.94. The van der Waals surface area contributed by atoms with Crippen molar-refractivity contribution in [2.45, 2.75) is 52.9 Å². The molecule has 0 bridgehead atoms. The summed E-state index contributed by atoms with van der Waals surface area (Å²) < 4.78 is 0. The van der Waals surface area contributed by atoms with Crippen molar-refractivity contribution in [3.05, 3.63) is 11.1 Å². The molecule has 0 aromatic rings. The van der Waals surface area contributed by atoms with Crippen molar-refractivity contribution < 1.29 is 4.79 Å². The third-order valence-electron chi connectivity index (χ3n) is 2.23. The number of hydrogen-bond acceptors (Lipinski definition) is 1. The fourth-order valence-electron chi connectivity index (χ4n) is 1.04. The van der Waals surface area contributed by atoms with Crippen LogP contribution < -0.4 is 0 Å². The summed E-state index contributed by atoms with van der Waals surface area (Å²) in [7, 11) is 0. The Labute approximate surface area is 75.9 Å². The van der Waals surface area contributed by atoms with Crippen LogP contribution in [-0.4, -0.2) is 6.29 Å². The molecule has 0 saturated heterocycles. The molecule has 1 heteroatoms. The van der Waals surface area contributed by atoms with Crippen molar-refractivity contribution in [1.29, 1.82) is 0 Å². The Morgan fingerprint density at radius 2 is 1.75 bits per heavy atom. The van der Waals surface area contributed by atoms with Crippen LogP contribution >= 0.6 is 0 Å². The Bertz CT molecular complexity index is 152. The molecule has 0 fully saturated rings. The molecule has 0 rings (SSSR count). The molecule has 0 aromatic heterocycles. The fourth-order valence-corrected chi connectivity index (χ4v) is 1.04. The van der Waals surface area contributed by atoms with Gasteiger partial charge in [-0.2, -0.15) is 0 Å². The average molecular weight is 168 g/mol. The van der Waals surface area contributed by atoms with Crippen molar-refractivity contribution in [3.8, 4) is 0 Å². The Morgan fingerprint density at radius 1 is 1.08 bits per heavy atom. The maximum atomic E-state index is 10.0. The van der Waals surface area contributed by atoms with Crippen molar-refractivity contribution in [2.24, 2.45) is 0 Å². The monoisotopic (exact) mass is 168 g/mol. The summed E-state index contributed by atoms with van der Waals surface area (Å²) in [6.45, 7) is 6.50. The molecule has 0 unspecified atom stereocenters. The minimum Gasteiger partial charge on any atom is -0.303 e. The van der Waals surface area contributed by atoms with E-state index >= 15 is 0 Å². The smallest absolute Gasteiger partial charge is 0.119 e. The summed E-state index contributed by atoms with van der Waals surface area (Å²) in [6.07, 6.45) is 6.40. The second kappa shape index (κ2) is 7.08. The maximum absolute atomic E-state index is 10.0. The highest BCUT2D eigenvalue weighted by atomic mass is 16.1. The largest absolute Gasteiger partial charge is 0.303 e. The number of aldehydes is 1. The Morgan fingerprint density at radius 3 is 2.25 bits per heavy atom. The van der Waals surface area contributed by atoms with Gasteiger partial charge in [0.2, 0.25) is 0 Å². The molecule has 0 spiro atoms. The molecular weight excluding hydrogens is 148 g/mol. The minimum absolute atomic E-state index is 0.730. The van der Waals surface area contributed by atoms with E-state index in [-0.39, 0.29) is 0 Å². The van der Waals surface area contributed by atoms with Crippen LogP contribution in [0.1, 0.15) is 52.9 Å². The lowest BCUT2D eigenvalue weighted by Gasteiger charge is -2.02. The van der Waals surface area contributed by atoms with Crippen LogP contribution in [0.5, 0.6) is 0 Å². The summed E-state index contributed by atoms with van der Waals surface area (Å²) in [5.74, 6) is 0. The number of rotatable bonds is 6. The predicted molar refractivity (Wildman–Crippen MR) is 53.2 cm³/mol. The third-order valence-corrected chi connectivity index (χ3v) is 2.23. The molecule has 1 nitrogen and oxygen atoms in total. The van der Waals surface area contributed by atoms with Crippen LogP contribution in [0.4, 0.5) is 0 Å². The van der Waals surface area contributed by atoms with Crippen LogP contribution in [0, 0.1) is 0 Å². The number of hydrogen-bond donors (Lipinski definition) is 0. The van der Waals surface area contributed by atoms with E-state index in [4.69, 9.17) is 0 Å². The third kappa shape index (κ3) is 6.14. The first kappa shape index (κ1) is 11.4. The Balaban J connectivity index is 3.32. The second-order valence-corrected chi connectivity index (χ2v) is 3.55. The zero-order valence-corrected chi connectivity index (χ0v) is 8.52. The topological polar surface area (TPSA) is 17.1 Å². The van der Waals surface area contributed by atoms with E-state index < -0.39 is 0 Å². The van der Waals surface area contributed by atoms with Gasteiger partial charge in [0.05, 0.1) is 0 Å². The van der Waals surface area contributed by atoms with Gasteiger partial charge in [-0.1, -0.05) is 17.6 Å². The molecule has 70 valence electrons. The average Bonchev–Trinajstić information content (AvgIpc) is 2.03. The SMILES string of the molecule is CC(C)=C(C)CCCCCC=O. The van der Waals surface area contributed by atoms with Gasteiger partial charge in [-0.05, 0) is 40.0 Å². The molecule has 0 N–H and O–H groups in total. The highest BCUT2D eigenvalue weighted by molar-refractivity contribution is 5.48. The first-order valence-electron chi connectivity index (χ1n) is 4.75. The van der Waals surface area contributed by atoms with Gasteiger partial charge >= 0.3 is 0 Å². The van der Waals surface area contributed by atoms with Crippen LogP contribution in [0.2, 0.25) is 0 Å². The van der Waals surface area contributed by atoms with Crippen LogP contribution in [0.25, 0.3) is 0 Å². The van der Waals surface area contributed by atoms with Crippen molar-refractivity contribution >= 4 is 6.29 Å². The van der Waals surface area contributed by atoms with E-state index in [1.807, 2.05) is 0 Å². The zero-order valence-electron chi connectivity index (χ0n) is 8.52. The van der Waals surface area contributed by atoms with Crippen LogP contribution in [0.3, 0.4) is 0 Å². The summed E-state index contributed by atoms with van der Waals surface area (Å²) in [6, 6.07) is 0. The molecule has 12 heavy (non-hydrogen) atoms. The lowest BCUT2D eigenvalue weighted by atomic mass is 10.0. The van der Waals surface area contributed by atoms with Gasteiger partial charge in [0, 0.05) is 6.42 Å². The van der Waals surface area contributed by atoms with Gasteiger partial charge in [0.1, 0.15) is 6.29 Å². The van der Waals surface area contributed by atoms with Gasteiger partial charge in [-0.25, -0.2) is 0 Å². The predicted octanol–water partition coefficient (Wildman–Crippen LogP) is 3.49. The fraction of sp³-hybridized carbons (Fsp3) is 0.727. The lowest BCUT2D eigenvalue weighted by molar-refractivity contribution is -0.107. The number of allylic oxidation sites excluding steroid dienone is 2.